The number of hydrogen-bond donors (Lipinski definition) is 3. The Kier molecular flexibility index (Phi) is 5.78. The van der Waals surface area contributed by atoms with Gasteiger partial charge in [-0.15, -0.1) is 0 Å². The molecule has 31 heavy (non-hydrogen) atoms. The molecule has 1 saturated heterocycles. The fourth-order valence-corrected chi connectivity index (χ4v) is 5.78. The van der Waals surface area contributed by atoms with E-state index in [1.165, 1.54) is 4.90 Å². The van der Waals surface area contributed by atoms with E-state index in [1.54, 1.807) is 6.92 Å². The van der Waals surface area contributed by atoms with Crippen molar-refractivity contribution in [3.05, 3.63) is 12.2 Å². The first-order valence-corrected chi connectivity index (χ1v) is 12.8. The molecule has 0 radical (unpaired) electrons. The van der Waals surface area contributed by atoms with Crippen molar-refractivity contribution in [2.75, 3.05) is 13.1 Å². The molecule has 0 spiro atoms. The molecule has 0 aromatic heterocycles. The van der Waals surface area contributed by atoms with Gasteiger partial charge >= 0.3 is 6.03 Å². The molecule has 9 nitrogen and oxygen atoms in total. The molecule has 0 aromatic carbocycles. The third-order valence-corrected chi connectivity index (χ3v) is 9.26. The molecule has 4 amide bonds. The molecule has 2 saturated carbocycles. The lowest BCUT2D eigenvalue weighted by molar-refractivity contribution is -0.131. The summed E-state index contributed by atoms with van der Waals surface area (Å²) in [5.41, 5.74) is -1.28. The number of allylic oxidation sites excluding steroid dienone is 1. The van der Waals surface area contributed by atoms with E-state index in [2.05, 4.69) is 15.4 Å². The van der Waals surface area contributed by atoms with Gasteiger partial charge in [0.05, 0.1) is 4.75 Å². The highest BCUT2D eigenvalue weighted by Gasteiger charge is 2.62. The fraction of sp³-hybridized carbons (Fsp3) is 0.762. The first-order chi connectivity index (χ1) is 14.7. The highest BCUT2D eigenvalue weighted by Crippen LogP contribution is 2.47. The molecule has 10 heteroatoms. The monoisotopic (exact) mass is 452 g/mol. The highest BCUT2D eigenvalue weighted by atomic mass is 32.2. The van der Waals surface area contributed by atoms with Gasteiger partial charge in [0, 0.05) is 19.0 Å². The number of nitrogens with one attached hydrogen (secondary N) is 3. The van der Waals surface area contributed by atoms with Crippen molar-refractivity contribution in [2.45, 2.75) is 81.0 Å². The number of hydrogen-bond acceptors (Lipinski definition) is 5. The van der Waals surface area contributed by atoms with Crippen LogP contribution in [0.3, 0.4) is 0 Å². The van der Waals surface area contributed by atoms with Gasteiger partial charge in [0.2, 0.25) is 15.9 Å². The van der Waals surface area contributed by atoms with Crippen molar-refractivity contribution in [3.63, 3.8) is 0 Å². The van der Waals surface area contributed by atoms with Crippen LogP contribution in [0.15, 0.2) is 12.2 Å². The molecule has 1 unspecified atom stereocenters. The van der Waals surface area contributed by atoms with E-state index in [0.717, 1.165) is 25.7 Å². The van der Waals surface area contributed by atoms with Crippen molar-refractivity contribution < 1.29 is 22.8 Å². The van der Waals surface area contributed by atoms with Crippen LogP contribution in [0.5, 0.6) is 0 Å². The molecule has 2 aliphatic heterocycles. The van der Waals surface area contributed by atoms with Gasteiger partial charge in [0.25, 0.3) is 5.91 Å². The highest BCUT2D eigenvalue weighted by molar-refractivity contribution is 7.91. The number of urea groups is 1. The number of carbonyl (C=O) groups is 3. The fourth-order valence-electron chi connectivity index (χ4n) is 4.47. The minimum absolute atomic E-state index is 0.257. The van der Waals surface area contributed by atoms with Crippen LogP contribution in [0.4, 0.5) is 4.79 Å². The number of sulfonamides is 1. The molecule has 172 valence electrons. The maximum absolute atomic E-state index is 13.1. The van der Waals surface area contributed by atoms with Gasteiger partial charge in [-0.25, -0.2) is 13.2 Å². The van der Waals surface area contributed by atoms with Gasteiger partial charge in [0.1, 0.15) is 11.6 Å². The molecule has 0 bridgehead atoms. The van der Waals surface area contributed by atoms with Gasteiger partial charge in [-0.1, -0.05) is 18.6 Å². The Hall–Kier alpha value is -2.10. The molecule has 3 N–H and O–H groups in total. The van der Waals surface area contributed by atoms with Crippen LogP contribution in [0.2, 0.25) is 0 Å². The summed E-state index contributed by atoms with van der Waals surface area (Å²) in [6.07, 6.45) is 10.2. The third kappa shape index (κ3) is 4.31. The zero-order chi connectivity index (χ0) is 22.3. The predicted molar refractivity (Wildman–Crippen MR) is 114 cm³/mol. The largest absolute Gasteiger partial charge is 0.339 e. The lowest BCUT2D eigenvalue weighted by atomic mass is 10.1. The van der Waals surface area contributed by atoms with E-state index in [0.29, 0.717) is 45.2 Å². The van der Waals surface area contributed by atoms with Gasteiger partial charge in [-0.2, -0.15) is 0 Å². The van der Waals surface area contributed by atoms with Crippen LogP contribution in [-0.4, -0.2) is 60.6 Å². The number of carbonyl (C=O) groups excluding carboxylic acids is 3. The van der Waals surface area contributed by atoms with E-state index in [4.69, 9.17) is 0 Å². The number of fused-ring (bicyclic) bond motifs is 2. The Morgan fingerprint density at radius 3 is 2.71 bits per heavy atom. The van der Waals surface area contributed by atoms with E-state index in [9.17, 15) is 22.8 Å². The Balaban J connectivity index is 1.55. The van der Waals surface area contributed by atoms with Crippen molar-refractivity contribution in [2.24, 2.45) is 5.92 Å². The van der Waals surface area contributed by atoms with Crippen LogP contribution in [-0.2, 0) is 19.6 Å². The van der Waals surface area contributed by atoms with Crippen LogP contribution in [0.25, 0.3) is 0 Å². The molecule has 2 heterocycles. The van der Waals surface area contributed by atoms with Crippen LogP contribution >= 0.6 is 0 Å². The number of amides is 4. The first-order valence-electron chi connectivity index (χ1n) is 11.3. The summed E-state index contributed by atoms with van der Waals surface area (Å²) in [4.78, 5) is 40.3. The Morgan fingerprint density at radius 1 is 1.19 bits per heavy atom. The van der Waals surface area contributed by atoms with Crippen molar-refractivity contribution in [3.8, 4) is 0 Å². The first kappa shape index (κ1) is 22.1. The Morgan fingerprint density at radius 2 is 1.97 bits per heavy atom. The molecular weight excluding hydrogens is 420 g/mol. The molecule has 4 aliphatic rings. The second-order valence-electron chi connectivity index (χ2n) is 9.52. The zero-order valence-electron chi connectivity index (χ0n) is 18.0. The maximum Gasteiger partial charge on any atom is 0.318 e. The summed E-state index contributed by atoms with van der Waals surface area (Å²) < 4.78 is 26.5. The minimum atomic E-state index is -3.81. The summed E-state index contributed by atoms with van der Waals surface area (Å²) in [7, 11) is -3.81. The molecule has 2 aliphatic carbocycles. The molecule has 0 aromatic rings. The quantitative estimate of drug-likeness (QED) is 0.554. The SMILES string of the molecule is CC1(S(=O)(=O)NC(=O)[C@@]23CC2C=CCCCCCNC(=O)N2CCC[C@H]2C(=O)N3)CC1. The van der Waals surface area contributed by atoms with Crippen LogP contribution in [0.1, 0.15) is 64.7 Å². The van der Waals surface area contributed by atoms with Crippen molar-refractivity contribution >= 4 is 27.9 Å². The lowest BCUT2D eigenvalue weighted by Crippen LogP contribution is -2.57. The Labute approximate surface area is 183 Å². The minimum Gasteiger partial charge on any atom is -0.339 e. The Bertz CT molecular complexity index is 897. The maximum atomic E-state index is 13.1. The van der Waals surface area contributed by atoms with Gasteiger partial charge in [-0.3, -0.25) is 14.3 Å². The normalized spacial score (nSPS) is 33.1. The summed E-state index contributed by atoms with van der Waals surface area (Å²) in [5, 5.41) is 5.72. The topological polar surface area (TPSA) is 125 Å². The van der Waals surface area contributed by atoms with E-state index in [1.807, 2.05) is 12.2 Å². The van der Waals surface area contributed by atoms with Crippen LogP contribution in [0, 0.1) is 5.92 Å². The third-order valence-electron chi connectivity index (χ3n) is 7.10. The predicted octanol–water partition coefficient (Wildman–Crippen LogP) is 1.16. The van der Waals surface area contributed by atoms with E-state index < -0.39 is 38.2 Å². The summed E-state index contributed by atoms with van der Waals surface area (Å²) in [5.74, 6) is -1.34. The standard InChI is InChI=1S/C21H32N4O5S/c1-20(10-11-20)31(29,30)24-18(27)21-14-15(21)8-5-3-2-4-6-12-22-19(28)25-13-7-9-16(25)17(26)23-21/h5,8,15-16H,2-4,6-7,9-14H2,1H3,(H,22,28)(H,23,26)(H,24,27)/t15?,16-,21+/m0/s1. The van der Waals surface area contributed by atoms with Gasteiger partial charge in [-0.05, 0) is 58.3 Å². The average molecular weight is 453 g/mol. The zero-order valence-corrected chi connectivity index (χ0v) is 18.8. The van der Waals surface area contributed by atoms with Gasteiger partial charge in [0.15, 0.2) is 0 Å². The van der Waals surface area contributed by atoms with Gasteiger partial charge < -0.3 is 15.5 Å². The van der Waals surface area contributed by atoms with Crippen molar-refractivity contribution in [1.29, 1.82) is 0 Å². The van der Waals surface area contributed by atoms with Crippen molar-refractivity contribution in [1.82, 2.24) is 20.3 Å². The van der Waals surface area contributed by atoms with Crippen LogP contribution < -0.4 is 15.4 Å². The summed E-state index contributed by atoms with van der Waals surface area (Å²) >= 11 is 0. The molecule has 3 atom stereocenters. The molecule has 4 rings (SSSR count). The molecular formula is C21H32N4O5S. The number of rotatable bonds is 3. The second kappa shape index (κ2) is 8.11. The second-order valence-corrected chi connectivity index (χ2v) is 11.7. The lowest BCUT2D eigenvalue weighted by Gasteiger charge is -2.27. The average Bonchev–Trinajstić information content (AvgIpc) is 3.56. The van der Waals surface area contributed by atoms with E-state index >= 15 is 0 Å². The molecule has 3 fully saturated rings. The summed E-state index contributed by atoms with van der Waals surface area (Å²) in [6, 6.07) is -0.918. The summed E-state index contributed by atoms with van der Waals surface area (Å²) in [6.45, 7) is 2.67. The smallest absolute Gasteiger partial charge is 0.318 e. The number of nitrogens with zero attached hydrogens (tertiary/aromatic N) is 1. The van der Waals surface area contributed by atoms with E-state index in [-0.39, 0.29) is 11.9 Å².